The lowest BCUT2D eigenvalue weighted by Crippen LogP contribution is -2.47. The standard InChI is InChI=1S/C13H13Cl2NO3/c14-9-5-8(6-10(15)7-9)12(17)16-4-2-1-3-11(16)13(18)19/h5-7,11H,1-4H2,(H,18,19)/t11-/m0/s1. The lowest BCUT2D eigenvalue weighted by atomic mass is 10.0. The van der Waals surface area contributed by atoms with Crippen LogP contribution in [0.1, 0.15) is 29.6 Å². The number of likely N-dealkylation sites (tertiary alicyclic amines) is 1. The van der Waals surface area contributed by atoms with Gasteiger partial charge in [0.25, 0.3) is 5.91 Å². The van der Waals surface area contributed by atoms with Gasteiger partial charge in [-0.25, -0.2) is 4.79 Å². The molecule has 102 valence electrons. The minimum atomic E-state index is -0.971. The van der Waals surface area contributed by atoms with Gasteiger partial charge in [-0.3, -0.25) is 4.79 Å². The zero-order valence-corrected chi connectivity index (χ0v) is 11.6. The van der Waals surface area contributed by atoms with Crippen molar-refractivity contribution >= 4 is 35.1 Å². The van der Waals surface area contributed by atoms with E-state index < -0.39 is 12.0 Å². The van der Waals surface area contributed by atoms with Crippen molar-refractivity contribution < 1.29 is 14.7 Å². The SMILES string of the molecule is O=C(O)[C@@H]1CCCCN1C(=O)c1cc(Cl)cc(Cl)c1. The summed E-state index contributed by atoms with van der Waals surface area (Å²) in [5.74, 6) is -1.31. The van der Waals surface area contributed by atoms with Crippen LogP contribution in [0, 0.1) is 0 Å². The molecule has 1 saturated heterocycles. The van der Waals surface area contributed by atoms with Crippen molar-refractivity contribution in [3.8, 4) is 0 Å². The van der Waals surface area contributed by atoms with E-state index >= 15 is 0 Å². The fourth-order valence-corrected chi connectivity index (χ4v) is 2.80. The van der Waals surface area contributed by atoms with Crippen molar-refractivity contribution in [3.05, 3.63) is 33.8 Å². The van der Waals surface area contributed by atoms with Crippen molar-refractivity contribution in [2.75, 3.05) is 6.54 Å². The summed E-state index contributed by atoms with van der Waals surface area (Å²) in [6, 6.07) is 3.77. The van der Waals surface area contributed by atoms with Gasteiger partial charge in [0.2, 0.25) is 0 Å². The molecule has 0 radical (unpaired) electrons. The van der Waals surface area contributed by atoms with E-state index in [0.29, 0.717) is 28.6 Å². The van der Waals surface area contributed by atoms with E-state index in [1.165, 1.54) is 23.1 Å². The van der Waals surface area contributed by atoms with Gasteiger partial charge in [-0.15, -0.1) is 0 Å². The summed E-state index contributed by atoms with van der Waals surface area (Å²) in [5, 5.41) is 9.89. The smallest absolute Gasteiger partial charge is 0.326 e. The Hall–Kier alpha value is -1.26. The summed E-state index contributed by atoms with van der Waals surface area (Å²) < 4.78 is 0. The molecule has 6 heteroatoms. The van der Waals surface area contributed by atoms with Crippen LogP contribution in [0.2, 0.25) is 10.0 Å². The van der Waals surface area contributed by atoms with Crippen LogP contribution in [0.5, 0.6) is 0 Å². The topological polar surface area (TPSA) is 57.6 Å². The van der Waals surface area contributed by atoms with E-state index in [-0.39, 0.29) is 5.91 Å². The number of nitrogens with zero attached hydrogens (tertiary/aromatic N) is 1. The molecule has 1 atom stereocenters. The maximum atomic E-state index is 12.4. The lowest BCUT2D eigenvalue weighted by Gasteiger charge is -2.33. The average Bonchev–Trinajstić information content (AvgIpc) is 2.36. The molecule has 1 amide bonds. The minimum absolute atomic E-state index is 0.325. The largest absolute Gasteiger partial charge is 0.480 e. The molecule has 0 spiro atoms. The number of rotatable bonds is 2. The molecule has 19 heavy (non-hydrogen) atoms. The van der Waals surface area contributed by atoms with E-state index in [9.17, 15) is 9.59 Å². The van der Waals surface area contributed by atoms with Gasteiger partial charge in [-0.2, -0.15) is 0 Å². The van der Waals surface area contributed by atoms with Crippen LogP contribution >= 0.6 is 23.2 Å². The summed E-state index contributed by atoms with van der Waals surface area (Å²) in [4.78, 5) is 24.9. The Bertz CT molecular complexity index is 498. The van der Waals surface area contributed by atoms with Crippen molar-refractivity contribution in [2.24, 2.45) is 0 Å². The Morgan fingerprint density at radius 2 is 1.79 bits per heavy atom. The van der Waals surface area contributed by atoms with Gasteiger partial charge in [-0.05, 0) is 37.5 Å². The predicted molar refractivity (Wildman–Crippen MR) is 72.8 cm³/mol. The first-order valence-corrected chi connectivity index (χ1v) is 6.74. The predicted octanol–water partition coefficient (Wildman–Crippen LogP) is 3.07. The molecule has 1 heterocycles. The normalized spacial score (nSPS) is 19.3. The van der Waals surface area contributed by atoms with Gasteiger partial charge in [0.1, 0.15) is 6.04 Å². The maximum absolute atomic E-state index is 12.4. The van der Waals surface area contributed by atoms with Gasteiger partial charge >= 0.3 is 5.97 Å². The molecule has 1 N–H and O–H groups in total. The zero-order valence-electron chi connectivity index (χ0n) is 10.1. The second-order valence-corrected chi connectivity index (χ2v) is 5.38. The number of halogens is 2. The zero-order chi connectivity index (χ0) is 14.0. The van der Waals surface area contributed by atoms with E-state index in [0.717, 1.165) is 12.8 Å². The molecule has 0 aromatic heterocycles. The third-order valence-electron chi connectivity index (χ3n) is 3.16. The summed E-state index contributed by atoms with van der Waals surface area (Å²) in [5.41, 5.74) is 0.325. The molecule has 4 nitrogen and oxygen atoms in total. The number of piperidine rings is 1. The number of aliphatic carboxylic acids is 1. The van der Waals surface area contributed by atoms with E-state index in [1.807, 2.05) is 0 Å². The number of hydrogen-bond donors (Lipinski definition) is 1. The van der Waals surface area contributed by atoms with Gasteiger partial charge in [0, 0.05) is 22.2 Å². The number of hydrogen-bond acceptors (Lipinski definition) is 2. The molecule has 1 aliphatic rings. The average molecular weight is 302 g/mol. The molecule has 0 aliphatic carbocycles. The molecular weight excluding hydrogens is 289 g/mol. The van der Waals surface area contributed by atoms with Crippen LogP contribution < -0.4 is 0 Å². The maximum Gasteiger partial charge on any atom is 0.326 e. The molecule has 0 bridgehead atoms. The number of benzene rings is 1. The highest BCUT2D eigenvalue weighted by Crippen LogP contribution is 2.24. The molecule has 1 aromatic rings. The second kappa shape index (κ2) is 5.80. The number of carboxylic acid groups (broad SMARTS) is 1. The second-order valence-electron chi connectivity index (χ2n) is 4.51. The Balaban J connectivity index is 2.28. The Morgan fingerprint density at radius 1 is 1.16 bits per heavy atom. The minimum Gasteiger partial charge on any atom is -0.480 e. The Labute approximate surface area is 120 Å². The van der Waals surface area contributed by atoms with Gasteiger partial charge in [-0.1, -0.05) is 23.2 Å². The van der Waals surface area contributed by atoms with Crippen LogP contribution in [-0.4, -0.2) is 34.5 Å². The third kappa shape index (κ3) is 3.19. The first-order chi connectivity index (χ1) is 8.99. The van der Waals surface area contributed by atoms with Crippen LogP contribution in [0.25, 0.3) is 0 Å². The van der Waals surface area contributed by atoms with Gasteiger partial charge in [0.05, 0.1) is 0 Å². The van der Waals surface area contributed by atoms with Gasteiger partial charge in [0.15, 0.2) is 0 Å². The fourth-order valence-electron chi connectivity index (χ4n) is 2.27. The molecule has 1 aromatic carbocycles. The number of carbonyl (C=O) groups excluding carboxylic acids is 1. The Kier molecular flexibility index (Phi) is 4.32. The molecule has 1 fully saturated rings. The summed E-state index contributed by atoms with van der Waals surface area (Å²) in [6.07, 6.45) is 2.11. The quantitative estimate of drug-likeness (QED) is 0.913. The highest BCUT2D eigenvalue weighted by Gasteiger charge is 2.32. The molecular formula is C13H13Cl2NO3. The number of amides is 1. The van der Waals surface area contributed by atoms with Crippen LogP contribution in [-0.2, 0) is 4.79 Å². The van der Waals surface area contributed by atoms with Gasteiger partial charge < -0.3 is 10.0 Å². The molecule has 1 aliphatic heterocycles. The van der Waals surface area contributed by atoms with Crippen LogP contribution in [0.15, 0.2) is 18.2 Å². The first kappa shape index (κ1) is 14.2. The van der Waals surface area contributed by atoms with E-state index in [4.69, 9.17) is 28.3 Å². The van der Waals surface area contributed by atoms with Crippen molar-refractivity contribution in [3.63, 3.8) is 0 Å². The molecule has 2 rings (SSSR count). The summed E-state index contributed by atoms with van der Waals surface area (Å²) in [6.45, 7) is 0.444. The van der Waals surface area contributed by atoms with Crippen LogP contribution in [0.3, 0.4) is 0 Å². The van der Waals surface area contributed by atoms with Crippen LogP contribution in [0.4, 0.5) is 0 Å². The fraction of sp³-hybridized carbons (Fsp3) is 0.385. The summed E-state index contributed by atoms with van der Waals surface area (Å²) >= 11 is 11.7. The number of carbonyl (C=O) groups is 2. The highest BCUT2D eigenvalue weighted by molar-refractivity contribution is 6.35. The van der Waals surface area contributed by atoms with E-state index in [2.05, 4.69) is 0 Å². The summed E-state index contributed by atoms with van der Waals surface area (Å²) in [7, 11) is 0. The van der Waals surface area contributed by atoms with Crippen molar-refractivity contribution in [1.82, 2.24) is 4.90 Å². The number of carboxylic acids is 1. The van der Waals surface area contributed by atoms with Crippen molar-refractivity contribution in [1.29, 1.82) is 0 Å². The van der Waals surface area contributed by atoms with E-state index in [1.54, 1.807) is 0 Å². The lowest BCUT2D eigenvalue weighted by molar-refractivity contribution is -0.143. The van der Waals surface area contributed by atoms with Crippen molar-refractivity contribution in [2.45, 2.75) is 25.3 Å². The third-order valence-corrected chi connectivity index (χ3v) is 3.59. The molecule has 0 unspecified atom stereocenters. The monoisotopic (exact) mass is 301 g/mol. The molecule has 0 saturated carbocycles. The highest BCUT2D eigenvalue weighted by atomic mass is 35.5. The Morgan fingerprint density at radius 3 is 2.37 bits per heavy atom. The first-order valence-electron chi connectivity index (χ1n) is 5.99.